The zero-order chi connectivity index (χ0) is 13.8. The van der Waals surface area contributed by atoms with Crippen molar-refractivity contribution in [2.45, 2.75) is 6.61 Å². The van der Waals surface area contributed by atoms with E-state index in [2.05, 4.69) is 15.9 Å². The third kappa shape index (κ3) is 3.38. The standard InChI is InChI=1S/C14H13BrFNO2/c1-18-14-5-2-9(6-13(14)17)8-19-10-3-4-12(16)11(15)7-10/h2-7H,8,17H2,1H3. The van der Waals surface area contributed by atoms with Gasteiger partial charge in [-0.1, -0.05) is 6.07 Å². The summed E-state index contributed by atoms with van der Waals surface area (Å²) >= 11 is 3.11. The predicted molar refractivity (Wildman–Crippen MR) is 75.8 cm³/mol. The molecular formula is C14H13BrFNO2. The Morgan fingerprint density at radius 1 is 1.21 bits per heavy atom. The summed E-state index contributed by atoms with van der Waals surface area (Å²) in [6, 6.07) is 9.96. The Hall–Kier alpha value is -1.75. The molecule has 2 aromatic carbocycles. The number of nitrogen functional groups attached to an aromatic ring is 1. The van der Waals surface area contributed by atoms with Crippen LogP contribution in [-0.4, -0.2) is 7.11 Å². The van der Waals surface area contributed by atoms with Gasteiger partial charge in [-0.05, 0) is 51.8 Å². The van der Waals surface area contributed by atoms with E-state index in [4.69, 9.17) is 15.2 Å². The first-order valence-electron chi connectivity index (χ1n) is 5.60. The largest absolute Gasteiger partial charge is 0.495 e. The fraction of sp³-hybridized carbons (Fsp3) is 0.143. The maximum absolute atomic E-state index is 13.1. The van der Waals surface area contributed by atoms with Crippen LogP contribution in [0.3, 0.4) is 0 Å². The highest BCUT2D eigenvalue weighted by molar-refractivity contribution is 9.10. The third-order valence-corrected chi connectivity index (χ3v) is 3.20. The molecule has 0 atom stereocenters. The Bertz CT molecular complexity index is 590. The van der Waals surface area contributed by atoms with Crippen molar-refractivity contribution >= 4 is 21.6 Å². The highest BCUT2D eigenvalue weighted by atomic mass is 79.9. The number of hydrogen-bond acceptors (Lipinski definition) is 3. The van der Waals surface area contributed by atoms with Gasteiger partial charge in [0.1, 0.15) is 23.9 Å². The third-order valence-electron chi connectivity index (χ3n) is 2.59. The Kier molecular flexibility index (Phi) is 4.27. The summed E-state index contributed by atoms with van der Waals surface area (Å²) in [5, 5.41) is 0. The van der Waals surface area contributed by atoms with Gasteiger partial charge in [0, 0.05) is 0 Å². The molecule has 2 rings (SSSR count). The van der Waals surface area contributed by atoms with Crippen LogP contribution in [-0.2, 0) is 6.61 Å². The van der Waals surface area contributed by atoms with Gasteiger partial charge in [0.15, 0.2) is 0 Å². The number of methoxy groups -OCH3 is 1. The monoisotopic (exact) mass is 325 g/mol. The smallest absolute Gasteiger partial charge is 0.141 e. The molecule has 2 N–H and O–H groups in total. The van der Waals surface area contributed by atoms with Gasteiger partial charge in [0.25, 0.3) is 0 Å². The van der Waals surface area contributed by atoms with E-state index in [9.17, 15) is 4.39 Å². The van der Waals surface area contributed by atoms with Crippen LogP contribution in [0.4, 0.5) is 10.1 Å². The highest BCUT2D eigenvalue weighted by Crippen LogP contribution is 2.25. The molecule has 19 heavy (non-hydrogen) atoms. The van der Waals surface area contributed by atoms with E-state index >= 15 is 0 Å². The van der Waals surface area contributed by atoms with E-state index in [1.807, 2.05) is 6.07 Å². The van der Waals surface area contributed by atoms with E-state index in [0.29, 0.717) is 28.3 Å². The van der Waals surface area contributed by atoms with Gasteiger partial charge in [-0.2, -0.15) is 0 Å². The molecule has 2 aromatic rings. The molecule has 0 saturated carbocycles. The van der Waals surface area contributed by atoms with Crippen LogP contribution in [0.1, 0.15) is 5.56 Å². The fourth-order valence-electron chi connectivity index (χ4n) is 1.61. The molecule has 100 valence electrons. The lowest BCUT2D eigenvalue weighted by atomic mass is 10.2. The summed E-state index contributed by atoms with van der Waals surface area (Å²) in [5.74, 6) is 0.900. The molecule has 0 aliphatic rings. The fourth-order valence-corrected chi connectivity index (χ4v) is 1.96. The van der Waals surface area contributed by atoms with Crippen LogP contribution in [0.5, 0.6) is 11.5 Å². The minimum atomic E-state index is -0.318. The number of benzene rings is 2. The molecule has 0 bridgehead atoms. The number of nitrogens with two attached hydrogens (primary N) is 1. The van der Waals surface area contributed by atoms with E-state index in [-0.39, 0.29) is 5.82 Å². The van der Waals surface area contributed by atoms with Crippen molar-refractivity contribution in [1.29, 1.82) is 0 Å². The van der Waals surface area contributed by atoms with Gasteiger partial charge in [0.05, 0.1) is 17.3 Å². The summed E-state index contributed by atoms with van der Waals surface area (Å²) in [6.45, 7) is 0.353. The second-order valence-corrected chi connectivity index (χ2v) is 4.80. The summed E-state index contributed by atoms with van der Waals surface area (Å²) in [5.41, 5.74) is 7.28. The molecule has 5 heteroatoms. The van der Waals surface area contributed by atoms with E-state index in [0.717, 1.165) is 5.56 Å². The lowest BCUT2D eigenvalue weighted by Crippen LogP contribution is -1.98. The summed E-state index contributed by atoms with van der Waals surface area (Å²) < 4.78 is 24.1. The average molecular weight is 326 g/mol. The first-order chi connectivity index (χ1) is 9.10. The Labute approximate surface area is 119 Å². The molecule has 0 spiro atoms. The molecular weight excluding hydrogens is 313 g/mol. The van der Waals surface area contributed by atoms with Crippen LogP contribution in [0, 0.1) is 5.82 Å². The van der Waals surface area contributed by atoms with Crippen LogP contribution in [0.15, 0.2) is 40.9 Å². The van der Waals surface area contributed by atoms with E-state index in [1.54, 1.807) is 31.4 Å². The van der Waals surface area contributed by atoms with Crippen LogP contribution >= 0.6 is 15.9 Å². The molecule has 0 unspecified atom stereocenters. The first kappa shape index (κ1) is 13.7. The average Bonchev–Trinajstić information content (AvgIpc) is 2.40. The van der Waals surface area contributed by atoms with Crippen LogP contribution in [0.2, 0.25) is 0 Å². The molecule has 0 aliphatic heterocycles. The van der Waals surface area contributed by atoms with Crippen molar-refractivity contribution < 1.29 is 13.9 Å². The van der Waals surface area contributed by atoms with Crippen molar-refractivity contribution in [3.63, 3.8) is 0 Å². The van der Waals surface area contributed by atoms with Gasteiger partial charge >= 0.3 is 0 Å². The van der Waals surface area contributed by atoms with Crippen LogP contribution in [0.25, 0.3) is 0 Å². The van der Waals surface area contributed by atoms with Crippen molar-refractivity contribution in [2.24, 2.45) is 0 Å². The zero-order valence-corrected chi connectivity index (χ0v) is 11.9. The predicted octanol–water partition coefficient (Wildman–Crippen LogP) is 3.76. The van der Waals surface area contributed by atoms with Gasteiger partial charge in [-0.3, -0.25) is 0 Å². The molecule has 0 amide bonds. The van der Waals surface area contributed by atoms with Gasteiger partial charge in [-0.15, -0.1) is 0 Å². The number of hydrogen-bond donors (Lipinski definition) is 1. The number of anilines is 1. The SMILES string of the molecule is COc1ccc(COc2ccc(F)c(Br)c2)cc1N. The number of halogens is 2. The summed E-state index contributed by atoms with van der Waals surface area (Å²) in [4.78, 5) is 0. The quantitative estimate of drug-likeness (QED) is 0.870. The molecule has 0 radical (unpaired) electrons. The number of rotatable bonds is 4. The van der Waals surface area contributed by atoms with Crippen molar-refractivity contribution in [3.8, 4) is 11.5 Å². The van der Waals surface area contributed by atoms with Gasteiger partial charge < -0.3 is 15.2 Å². The number of ether oxygens (including phenoxy) is 2. The summed E-state index contributed by atoms with van der Waals surface area (Å²) in [6.07, 6.45) is 0. The van der Waals surface area contributed by atoms with Crippen LogP contribution < -0.4 is 15.2 Å². The van der Waals surface area contributed by atoms with Crippen molar-refractivity contribution in [1.82, 2.24) is 0 Å². The van der Waals surface area contributed by atoms with Gasteiger partial charge in [-0.25, -0.2) is 4.39 Å². The molecule has 0 fully saturated rings. The molecule has 0 aliphatic carbocycles. The van der Waals surface area contributed by atoms with E-state index in [1.165, 1.54) is 6.07 Å². The Balaban J connectivity index is 2.05. The molecule has 0 heterocycles. The second kappa shape index (κ2) is 5.93. The van der Waals surface area contributed by atoms with Crippen molar-refractivity contribution in [3.05, 3.63) is 52.3 Å². The lowest BCUT2D eigenvalue weighted by Gasteiger charge is -2.09. The second-order valence-electron chi connectivity index (χ2n) is 3.94. The topological polar surface area (TPSA) is 44.5 Å². The molecule has 3 nitrogen and oxygen atoms in total. The minimum absolute atomic E-state index is 0.318. The highest BCUT2D eigenvalue weighted by Gasteiger charge is 2.04. The minimum Gasteiger partial charge on any atom is -0.495 e. The lowest BCUT2D eigenvalue weighted by molar-refractivity contribution is 0.305. The normalized spacial score (nSPS) is 10.3. The molecule has 0 saturated heterocycles. The van der Waals surface area contributed by atoms with Crippen molar-refractivity contribution in [2.75, 3.05) is 12.8 Å². The maximum Gasteiger partial charge on any atom is 0.141 e. The van der Waals surface area contributed by atoms with Gasteiger partial charge in [0.2, 0.25) is 0 Å². The Morgan fingerprint density at radius 3 is 2.63 bits per heavy atom. The summed E-state index contributed by atoms with van der Waals surface area (Å²) in [7, 11) is 1.57. The van der Waals surface area contributed by atoms with E-state index < -0.39 is 0 Å². The Morgan fingerprint density at radius 2 is 2.00 bits per heavy atom. The first-order valence-corrected chi connectivity index (χ1v) is 6.39. The molecule has 0 aromatic heterocycles. The maximum atomic E-state index is 13.1. The zero-order valence-electron chi connectivity index (χ0n) is 10.3.